The van der Waals surface area contributed by atoms with Crippen LogP contribution in [0.2, 0.25) is 0 Å². The number of imidazole rings is 1. The number of hydrogen-bond donors (Lipinski definition) is 1. The van der Waals surface area contributed by atoms with Crippen molar-refractivity contribution in [2.45, 2.75) is 11.8 Å². The molecule has 5 nitrogen and oxygen atoms in total. The van der Waals surface area contributed by atoms with E-state index in [0.29, 0.717) is 5.69 Å². The van der Waals surface area contributed by atoms with Crippen LogP contribution in [0.25, 0.3) is 16.9 Å². The monoisotopic (exact) mass is 489 g/mol. The number of fused-ring (bicyclic) bond motifs is 1. The topological polar surface area (TPSA) is 63.5 Å². The van der Waals surface area contributed by atoms with Crippen molar-refractivity contribution in [3.63, 3.8) is 0 Å². The number of aromatic nitrogens is 2. The summed E-state index contributed by atoms with van der Waals surface area (Å²) in [6.45, 7) is 1.92. The van der Waals surface area contributed by atoms with E-state index in [9.17, 15) is 8.42 Å². The molecule has 2 aromatic heterocycles. The lowest BCUT2D eigenvalue weighted by molar-refractivity contribution is 0.601. The van der Waals surface area contributed by atoms with Crippen LogP contribution in [0.5, 0.6) is 0 Å². The van der Waals surface area contributed by atoms with Crippen LogP contribution in [0.15, 0.2) is 78.0 Å². The molecular formula is C20H16IN3O2S. The Morgan fingerprint density at radius 2 is 1.78 bits per heavy atom. The lowest BCUT2D eigenvalue weighted by Crippen LogP contribution is -2.12. The predicted molar refractivity (Wildman–Crippen MR) is 115 cm³/mol. The number of sulfonamides is 1. The minimum atomic E-state index is -3.64. The predicted octanol–water partition coefficient (Wildman–Crippen LogP) is 4.72. The molecule has 0 fully saturated rings. The first-order valence-corrected chi connectivity index (χ1v) is 10.8. The van der Waals surface area contributed by atoms with E-state index in [-0.39, 0.29) is 4.90 Å². The molecule has 0 aliphatic rings. The van der Waals surface area contributed by atoms with E-state index in [2.05, 4.69) is 32.3 Å². The van der Waals surface area contributed by atoms with Crippen LogP contribution < -0.4 is 4.72 Å². The highest BCUT2D eigenvalue weighted by Gasteiger charge is 2.14. The third kappa shape index (κ3) is 3.84. The number of hydrogen-bond acceptors (Lipinski definition) is 3. The van der Waals surface area contributed by atoms with Crippen LogP contribution in [0.4, 0.5) is 5.69 Å². The number of rotatable bonds is 4. The summed E-state index contributed by atoms with van der Waals surface area (Å²) in [6, 6.07) is 18.0. The summed E-state index contributed by atoms with van der Waals surface area (Å²) in [4.78, 5) is 4.85. The van der Waals surface area contributed by atoms with Gasteiger partial charge in [-0.2, -0.15) is 0 Å². The van der Waals surface area contributed by atoms with Crippen molar-refractivity contribution < 1.29 is 8.42 Å². The summed E-state index contributed by atoms with van der Waals surface area (Å²) in [5.41, 5.74) is 3.99. The molecule has 0 spiro atoms. The third-order valence-electron chi connectivity index (χ3n) is 4.16. The number of halogens is 1. The summed E-state index contributed by atoms with van der Waals surface area (Å²) >= 11 is 2.25. The van der Waals surface area contributed by atoms with Gasteiger partial charge in [0.1, 0.15) is 5.65 Å². The molecular weight excluding hydrogens is 473 g/mol. The van der Waals surface area contributed by atoms with Gasteiger partial charge >= 0.3 is 0 Å². The standard InChI is InChI=1S/C20H16IN3O2S/c1-14-5-8-18(9-6-14)27(25,26)23-17-4-2-3-15(11-17)19-13-24-12-16(21)7-10-20(24)22-19/h2-13,23H,1H3. The summed E-state index contributed by atoms with van der Waals surface area (Å²) in [5.74, 6) is 0. The lowest BCUT2D eigenvalue weighted by atomic mass is 10.1. The molecule has 0 radical (unpaired) electrons. The molecule has 136 valence electrons. The van der Waals surface area contributed by atoms with E-state index >= 15 is 0 Å². The zero-order valence-electron chi connectivity index (χ0n) is 14.4. The fourth-order valence-electron chi connectivity index (χ4n) is 2.78. The normalized spacial score (nSPS) is 11.6. The van der Waals surface area contributed by atoms with Crippen LogP contribution in [0, 0.1) is 10.5 Å². The van der Waals surface area contributed by atoms with Gasteiger partial charge in [0.15, 0.2) is 0 Å². The Morgan fingerprint density at radius 1 is 1.00 bits per heavy atom. The SMILES string of the molecule is Cc1ccc(S(=O)(=O)Nc2cccc(-c3cn4cc(I)ccc4n3)c2)cc1. The van der Waals surface area contributed by atoms with Crippen LogP contribution in [0.3, 0.4) is 0 Å². The molecule has 0 atom stereocenters. The number of anilines is 1. The smallest absolute Gasteiger partial charge is 0.261 e. The summed E-state index contributed by atoms with van der Waals surface area (Å²) < 4.78 is 30.9. The highest BCUT2D eigenvalue weighted by molar-refractivity contribution is 14.1. The molecule has 7 heteroatoms. The maximum atomic E-state index is 12.6. The Kier molecular flexibility index (Phi) is 4.65. The maximum Gasteiger partial charge on any atom is 0.261 e. The Morgan fingerprint density at radius 3 is 2.56 bits per heavy atom. The van der Waals surface area contributed by atoms with E-state index < -0.39 is 10.0 Å². The lowest BCUT2D eigenvalue weighted by Gasteiger charge is -2.09. The average Bonchev–Trinajstić information content (AvgIpc) is 3.05. The second-order valence-electron chi connectivity index (χ2n) is 6.24. The van der Waals surface area contributed by atoms with Gasteiger partial charge < -0.3 is 4.40 Å². The molecule has 0 aliphatic heterocycles. The van der Waals surface area contributed by atoms with Gasteiger partial charge in [-0.25, -0.2) is 13.4 Å². The van der Waals surface area contributed by atoms with Crippen LogP contribution in [-0.4, -0.2) is 17.8 Å². The molecule has 0 saturated heterocycles. The minimum absolute atomic E-state index is 0.237. The first kappa shape index (κ1) is 18.0. The first-order valence-electron chi connectivity index (χ1n) is 8.25. The van der Waals surface area contributed by atoms with Gasteiger partial charge in [0.25, 0.3) is 10.0 Å². The van der Waals surface area contributed by atoms with Crippen molar-refractivity contribution in [2.24, 2.45) is 0 Å². The minimum Gasteiger partial charge on any atom is -0.305 e. The van der Waals surface area contributed by atoms with Crippen LogP contribution >= 0.6 is 22.6 Å². The molecule has 0 bridgehead atoms. The van der Waals surface area contributed by atoms with E-state index in [0.717, 1.165) is 26.0 Å². The van der Waals surface area contributed by atoms with Gasteiger partial charge in [-0.3, -0.25) is 4.72 Å². The Labute approximate surface area is 171 Å². The molecule has 4 aromatic rings. The Balaban J connectivity index is 1.66. The van der Waals surface area contributed by atoms with Gasteiger partial charge in [-0.05, 0) is 65.9 Å². The van der Waals surface area contributed by atoms with Crippen molar-refractivity contribution in [3.05, 3.63) is 82.2 Å². The number of nitrogens with one attached hydrogen (secondary N) is 1. The number of nitrogens with zero attached hydrogens (tertiary/aromatic N) is 2. The zero-order chi connectivity index (χ0) is 19.0. The molecule has 27 heavy (non-hydrogen) atoms. The molecule has 2 aromatic carbocycles. The number of aryl methyl sites for hydroxylation is 1. The van der Waals surface area contributed by atoms with Gasteiger partial charge in [-0.1, -0.05) is 29.8 Å². The summed E-state index contributed by atoms with van der Waals surface area (Å²) in [6.07, 6.45) is 3.93. The van der Waals surface area contributed by atoms with Gasteiger partial charge in [0.2, 0.25) is 0 Å². The van der Waals surface area contributed by atoms with Crippen molar-refractivity contribution >= 4 is 43.9 Å². The second kappa shape index (κ2) is 6.97. The molecule has 1 N–H and O–H groups in total. The summed E-state index contributed by atoms with van der Waals surface area (Å²) in [7, 11) is -3.64. The molecule has 4 rings (SSSR count). The van der Waals surface area contributed by atoms with Crippen molar-refractivity contribution in [3.8, 4) is 11.3 Å². The maximum absolute atomic E-state index is 12.6. The average molecular weight is 489 g/mol. The van der Waals surface area contributed by atoms with E-state index in [1.165, 1.54) is 0 Å². The van der Waals surface area contributed by atoms with E-state index in [1.54, 1.807) is 36.4 Å². The number of benzene rings is 2. The number of pyridine rings is 1. The first-order chi connectivity index (χ1) is 12.9. The quantitative estimate of drug-likeness (QED) is 0.423. The Bertz CT molecular complexity index is 1230. The van der Waals surface area contributed by atoms with Crippen molar-refractivity contribution in [2.75, 3.05) is 4.72 Å². The van der Waals surface area contributed by atoms with Crippen LogP contribution in [0.1, 0.15) is 5.56 Å². The van der Waals surface area contributed by atoms with Crippen LogP contribution in [-0.2, 0) is 10.0 Å². The molecule has 2 heterocycles. The fraction of sp³-hybridized carbons (Fsp3) is 0.0500. The fourth-order valence-corrected chi connectivity index (χ4v) is 4.31. The van der Waals surface area contributed by atoms with Gasteiger partial charge in [-0.15, -0.1) is 0 Å². The van der Waals surface area contributed by atoms with E-state index in [4.69, 9.17) is 0 Å². The third-order valence-corrected chi connectivity index (χ3v) is 6.19. The zero-order valence-corrected chi connectivity index (χ0v) is 17.4. The largest absolute Gasteiger partial charge is 0.305 e. The second-order valence-corrected chi connectivity index (χ2v) is 9.17. The molecule has 0 amide bonds. The molecule has 0 unspecified atom stereocenters. The molecule has 0 saturated carbocycles. The van der Waals surface area contributed by atoms with E-state index in [1.807, 2.05) is 48.0 Å². The van der Waals surface area contributed by atoms with Crippen molar-refractivity contribution in [1.29, 1.82) is 0 Å². The highest BCUT2D eigenvalue weighted by atomic mass is 127. The summed E-state index contributed by atoms with van der Waals surface area (Å²) in [5, 5.41) is 0. The van der Waals surface area contributed by atoms with Gasteiger partial charge in [0.05, 0.1) is 10.6 Å². The van der Waals surface area contributed by atoms with Gasteiger partial charge in [0, 0.05) is 27.2 Å². The molecule has 0 aliphatic carbocycles. The van der Waals surface area contributed by atoms with Crippen molar-refractivity contribution in [1.82, 2.24) is 9.38 Å². The highest BCUT2D eigenvalue weighted by Crippen LogP contribution is 2.24. The Hall–Kier alpha value is -2.39.